The molecule has 0 saturated carbocycles. The summed E-state index contributed by atoms with van der Waals surface area (Å²) in [6.07, 6.45) is 0. The molecular formula is C27H31N3O6S2. The van der Waals surface area contributed by atoms with E-state index in [1.165, 1.54) is 36.5 Å². The van der Waals surface area contributed by atoms with Crippen molar-refractivity contribution in [3.63, 3.8) is 0 Å². The highest BCUT2D eigenvalue weighted by Crippen LogP contribution is 2.32. The Kier molecular flexibility index (Phi) is 8.51. The predicted octanol–water partition coefficient (Wildman–Crippen LogP) is 2.80. The molecular weight excluding hydrogens is 526 g/mol. The number of nitrogens with zero attached hydrogens (tertiary/aromatic N) is 1. The van der Waals surface area contributed by atoms with Gasteiger partial charge in [0.25, 0.3) is 0 Å². The van der Waals surface area contributed by atoms with Crippen LogP contribution < -0.4 is 15.4 Å². The topological polar surface area (TPSA) is 122 Å². The highest BCUT2D eigenvalue weighted by Gasteiger charge is 2.45. The maximum atomic E-state index is 14.1. The van der Waals surface area contributed by atoms with Crippen molar-refractivity contribution in [2.45, 2.75) is 37.0 Å². The molecule has 202 valence electrons. The van der Waals surface area contributed by atoms with Crippen LogP contribution in [0.5, 0.6) is 5.75 Å². The summed E-state index contributed by atoms with van der Waals surface area (Å²) in [6, 6.07) is 21.3. The largest absolute Gasteiger partial charge is 0.495 e. The fourth-order valence-electron chi connectivity index (χ4n) is 4.57. The first-order valence-electron chi connectivity index (χ1n) is 12.1. The Morgan fingerprint density at radius 3 is 2.21 bits per heavy atom. The molecule has 1 amide bonds. The van der Waals surface area contributed by atoms with Crippen molar-refractivity contribution >= 4 is 31.5 Å². The molecule has 1 aliphatic rings. The van der Waals surface area contributed by atoms with E-state index >= 15 is 0 Å². The van der Waals surface area contributed by atoms with Crippen LogP contribution in [-0.2, 0) is 37.7 Å². The summed E-state index contributed by atoms with van der Waals surface area (Å²) < 4.78 is 60.5. The van der Waals surface area contributed by atoms with Crippen LogP contribution in [0.3, 0.4) is 0 Å². The summed E-state index contributed by atoms with van der Waals surface area (Å²) in [6.45, 7) is 1.69. The zero-order valence-corrected chi connectivity index (χ0v) is 22.8. The number of carbonyl (C=O) groups is 1. The van der Waals surface area contributed by atoms with Crippen LogP contribution in [0.15, 0.2) is 83.8 Å². The maximum absolute atomic E-state index is 14.1. The van der Waals surface area contributed by atoms with Gasteiger partial charge in [-0.3, -0.25) is 4.79 Å². The van der Waals surface area contributed by atoms with Crippen molar-refractivity contribution < 1.29 is 26.4 Å². The van der Waals surface area contributed by atoms with E-state index in [-0.39, 0.29) is 34.5 Å². The highest BCUT2D eigenvalue weighted by atomic mass is 32.2. The number of benzene rings is 3. The van der Waals surface area contributed by atoms with Crippen molar-refractivity contribution in [2.24, 2.45) is 0 Å². The Labute approximate surface area is 223 Å². The van der Waals surface area contributed by atoms with Crippen molar-refractivity contribution in [1.82, 2.24) is 9.62 Å². The smallest absolute Gasteiger partial charge is 0.243 e. The Morgan fingerprint density at radius 1 is 0.974 bits per heavy atom. The van der Waals surface area contributed by atoms with Crippen LogP contribution in [0.1, 0.15) is 18.1 Å². The number of ether oxygens (including phenoxy) is 1. The van der Waals surface area contributed by atoms with Crippen molar-refractivity contribution in [3.05, 3.63) is 90.0 Å². The molecule has 1 heterocycles. The van der Waals surface area contributed by atoms with Gasteiger partial charge in [0, 0.05) is 26.1 Å². The van der Waals surface area contributed by atoms with E-state index in [4.69, 9.17) is 4.74 Å². The second kappa shape index (κ2) is 11.6. The summed E-state index contributed by atoms with van der Waals surface area (Å²) in [5.74, 6) is -0.559. The number of amides is 1. The number of rotatable bonds is 10. The fraction of sp³-hybridized carbons (Fsp3) is 0.296. The zero-order valence-electron chi connectivity index (χ0n) is 21.2. The normalized spacial score (nSPS) is 18.8. The number of methoxy groups -OCH3 is 1. The third-order valence-corrected chi connectivity index (χ3v) is 9.96. The van der Waals surface area contributed by atoms with Gasteiger partial charge in [-0.05, 0) is 29.3 Å². The Hall–Kier alpha value is -3.25. The summed E-state index contributed by atoms with van der Waals surface area (Å²) in [7, 11) is -6.30. The van der Waals surface area contributed by atoms with Crippen molar-refractivity contribution in [1.29, 1.82) is 0 Å². The molecule has 3 aromatic rings. The minimum Gasteiger partial charge on any atom is -0.495 e. The van der Waals surface area contributed by atoms with E-state index in [0.717, 1.165) is 11.1 Å². The molecule has 1 fully saturated rings. The van der Waals surface area contributed by atoms with Crippen LogP contribution in [0.4, 0.5) is 5.69 Å². The number of nitrogens with one attached hydrogen (secondary N) is 2. The van der Waals surface area contributed by atoms with Crippen LogP contribution in [0.2, 0.25) is 0 Å². The summed E-state index contributed by atoms with van der Waals surface area (Å²) in [4.78, 5) is 11.6. The van der Waals surface area contributed by atoms with Gasteiger partial charge in [-0.25, -0.2) is 16.8 Å². The molecule has 4 rings (SSSR count). The molecule has 11 heteroatoms. The number of hydrogen-bond acceptors (Lipinski definition) is 7. The molecule has 9 nitrogen and oxygen atoms in total. The third-order valence-electron chi connectivity index (χ3n) is 6.37. The molecule has 1 saturated heterocycles. The lowest BCUT2D eigenvalue weighted by Crippen LogP contribution is -2.51. The quantitative estimate of drug-likeness (QED) is 0.393. The number of carbonyl (C=O) groups excluding carboxylic acids is 1. The molecule has 1 aliphatic heterocycles. The van der Waals surface area contributed by atoms with Gasteiger partial charge >= 0.3 is 0 Å². The van der Waals surface area contributed by atoms with Crippen LogP contribution in [0.25, 0.3) is 0 Å². The average molecular weight is 558 g/mol. The predicted molar refractivity (Wildman–Crippen MR) is 146 cm³/mol. The lowest BCUT2D eigenvalue weighted by Gasteiger charge is -2.32. The SMILES string of the molecule is COc1ccc(S(=O)(=O)N(Cc2ccccc2)[C@@H]2CS(=O)(=O)C[C@H]2NCc2ccccc2)cc1NC(C)=O. The number of anilines is 1. The van der Waals surface area contributed by atoms with E-state index in [2.05, 4.69) is 10.6 Å². The molecule has 3 aromatic carbocycles. The first kappa shape index (κ1) is 27.8. The average Bonchev–Trinajstić information content (AvgIpc) is 3.20. The fourth-order valence-corrected chi connectivity index (χ4v) is 8.29. The second-order valence-corrected chi connectivity index (χ2v) is 13.2. The van der Waals surface area contributed by atoms with Crippen LogP contribution >= 0.6 is 0 Å². The Morgan fingerprint density at radius 2 is 1.61 bits per heavy atom. The van der Waals surface area contributed by atoms with E-state index in [9.17, 15) is 21.6 Å². The summed E-state index contributed by atoms with van der Waals surface area (Å²) in [5.41, 5.74) is 1.89. The van der Waals surface area contributed by atoms with E-state index in [0.29, 0.717) is 12.3 Å². The van der Waals surface area contributed by atoms with Gasteiger partial charge in [-0.1, -0.05) is 60.7 Å². The maximum Gasteiger partial charge on any atom is 0.243 e. The van der Waals surface area contributed by atoms with E-state index in [1.54, 1.807) is 24.3 Å². The van der Waals surface area contributed by atoms with Gasteiger partial charge in [-0.2, -0.15) is 4.31 Å². The Bertz CT molecular complexity index is 1480. The second-order valence-electron chi connectivity index (χ2n) is 9.20. The minimum atomic E-state index is -4.21. The van der Waals surface area contributed by atoms with Crippen molar-refractivity contribution in [2.75, 3.05) is 23.9 Å². The van der Waals surface area contributed by atoms with Gasteiger partial charge in [0.05, 0.1) is 35.2 Å². The van der Waals surface area contributed by atoms with Crippen molar-refractivity contribution in [3.8, 4) is 5.75 Å². The van der Waals surface area contributed by atoms with E-state index < -0.39 is 31.9 Å². The van der Waals surface area contributed by atoms with Gasteiger partial charge in [0.1, 0.15) is 5.75 Å². The van der Waals surface area contributed by atoms with Crippen LogP contribution in [-0.4, -0.2) is 57.7 Å². The monoisotopic (exact) mass is 557 g/mol. The molecule has 0 radical (unpaired) electrons. The lowest BCUT2D eigenvalue weighted by molar-refractivity contribution is -0.114. The zero-order chi connectivity index (χ0) is 27.3. The van der Waals surface area contributed by atoms with Gasteiger partial charge in [0.2, 0.25) is 15.9 Å². The number of hydrogen-bond donors (Lipinski definition) is 2. The lowest BCUT2D eigenvalue weighted by atomic mass is 10.1. The van der Waals surface area contributed by atoms with Gasteiger partial charge in [-0.15, -0.1) is 0 Å². The van der Waals surface area contributed by atoms with Gasteiger partial charge in [0.15, 0.2) is 9.84 Å². The molecule has 38 heavy (non-hydrogen) atoms. The standard InChI is InChI=1S/C27H31N3O6S2/c1-20(31)29-24-15-23(13-14-27(24)36-2)38(34,35)30(17-22-11-7-4-8-12-22)26-19-37(32,33)18-25(26)28-16-21-9-5-3-6-10-21/h3-15,25-26,28H,16-19H2,1-2H3,(H,29,31)/t25-,26-/m1/s1. The third kappa shape index (κ3) is 6.60. The summed E-state index contributed by atoms with van der Waals surface area (Å²) in [5, 5.41) is 5.89. The number of sulfonamides is 1. The van der Waals surface area contributed by atoms with Gasteiger partial charge < -0.3 is 15.4 Å². The molecule has 0 aromatic heterocycles. The highest BCUT2D eigenvalue weighted by molar-refractivity contribution is 7.92. The Balaban J connectivity index is 1.74. The number of sulfone groups is 1. The molecule has 0 aliphatic carbocycles. The molecule has 0 unspecified atom stereocenters. The first-order chi connectivity index (χ1) is 18.1. The molecule has 2 atom stereocenters. The van der Waals surface area contributed by atoms with Crippen LogP contribution in [0, 0.1) is 0 Å². The molecule has 0 bridgehead atoms. The molecule has 0 spiro atoms. The minimum absolute atomic E-state index is 0.0195. The van der Waals surface area contributed by atoms with E-state index in [1.807, 2.05) is 36.4 Å². The first-order valence-corrected chi connectivity index (χ1v) is 15.3. The molecule has 2 N–H and O–H groups in total. The summed E-state index contributed by atoms with van der Waals surface area (Å²) >= 11 is 0.